The van der Waals surface area contributed by atoms with Crippen LogP contribution in [0.2, 0.25) is 25.2 Å². The van der Waals surface area contributed by atoms with Crippen LogP contribution in [-0.4, -0.2) is 8.07 Å². The summed E-state index contributed by atoms with van der Waals surface area (Å²) in [5.74, 6) is 0. The Kier molecular flexibility index (Phi) is 6.76. The molecular weight excluding hydrogens is 268 g/mol. The Morgan fingerprint density at radius 1 is 0.762 bits per heavy atom. The van der Waals surface area contributed by atoms with Crippen molar-refractivity contribution < 1.29 is 0 Å². The molecular formula is C20H32Si. The van der Waals surface area contributed by atoms with E-state index in [1.807, 2.05) is 0 Å². The Morgan fingerprint density at radius 3 is 1.62 bits per heavy atom. The van der Waals surface area contributed by atoms with Gasteiger partial charge in [0.15, 0.2) is 0 Å². The first-order chi connectivity index (χ1) is 10.2. The second kappa shape index (κ2) is 8.58. The summed E-state index contributed by atoms with van der Waals surface area (Å²) in [5.41, 5.74) is 3.29. The first kappa shape index (κ1) is 16.5. The topological polar surface area (TPSA) is 0 Å². The SMILES string of the molecule is C[Si](C)(CCCCC1=CC=CC1)CCCCC1=CC=CC1. The second-order valence-corrected chi connectivity index (χ2v) is 12.8. The van der Waals surface area contributed by atoms with Crippen LogP contribution in [0.5, 0.6) is 0 Å². The fourth-order valence-corrected chi connectivity index (χ4v) is 6.05. The number of hydrogen-bond acceptors (Lipinski definition) is 0. The van der Waals surface area contributed by atoms with E-state index in [0.29, 0.717) is 0 Å². The Balaban J connectivity index is 1.49. The van der Waals surface area contributed by atoms with Crippen LogP contribution in [0.1, 0.15) is 51.4 Å². The van der Waals surface area contributed by atoms with Gasteiger partial charge in [-0.05, 0) is 38.5 Å². The summed E-state index contributed by atoms with van der Waals surface area (Å²) in [5, 5.41) is 0. The first-order valence-electron chi connectivity index (χ1n) is 8.85. The molecule has 0 aromatic heterocycles. The average Bonchev–Trinajstić information content (AvgIpc) is 3.13. The van der Waals surface area contributed by atoms with Crippen molar-refractivity contribution in [1.82, 2.24) is 0 Å². The minimum Gasteiger partial charge on any atom is -0.0805 e. The van der Waals surface area contributed by atoms with Gasteiger partial charge >= 0.3 is 0 Å². The summed E-state index contributed by atoms with van der Waals surface area (Å²) in [6.45, 7) is 5.19. The molecule has 0 aromatic carbocycles. The molecule has 0 spiro atoms. The highest BCUT2D eigenvalue weighted by atomic mass is 28.3. The van der Waals surface area contributed by atoms with Crippen molar-refractivity contribution >= 4 is 8.07 Å². The second-order valence-electron chi connectivity index (χ2n) is 7.49. The summed E-state index contributed by atoms with van der Waals surface area (Å²) in [4.78, 5) is 0. The third-order valence-electron chi connectivity index (χ3n) is 4.90. The maximum atomic E-state index is 2.60. The molecule has 0 saturated carbocycles. The molecule has 2 aliphatic rings. The smallest absolute Gasteiger partial charge is 0.0473 e. The highest BCUT2D eigenvalue weighted by molar-refractivity contribution is 6.77. The molecule has 21 heavy (non-hydrogen) atoms. The van der Waals surface area contributed by atoms with Gasteiger partial charge in [0.05, 0.1) is 0 Å². The van der Waals surface area contributed by atoms with Gasteiger partial charge in [-0.25, -0.2) is 0 Å². The van der Waals surface area contributed by atoms with Gasteiger partial charge in [0.2, 0.25) is 0 Å². The summed E-state index contributed by atoms with van der Waals surface area (Å²) >= 11 is 0. The molecule has 1 heteroatoms. The van der Waals surface area contributed by atoms with Crippen LogP contribution in [0.3, 0.4) is 0 Å². The highest BCUT2D eigenvalue weighted by Gasteiger charge is 2.19. The van der Waals surface area contributed by atoms with Gasteiger partial charge in [-0.1, -0.05) is 85.6 Å². The molecule has 0 saturated heterocycles. The summed E-state index contributed by atoms with van der Waals surface area (Å²) < 4.78 is 0. The third-order valence-corrected chi connectivity index (χ3v) is 8.31. The van der Waals surface area contributed by atoms with Crippen LogP contribution in [0.4, 0.5) is 0 Å². The number of hydrogen-bond donors (Lipinski definition) is 0. The fraction of sp³-hybridized carbons (Fsp3) is 0.600. The summed E-state index contributed by atoms with van der Waals surface area (Å²) in [7, 11) is -0.927. The van der Waals surface area contributed by atoms with E-state index in [1.54, 1.807) is 11.1 Å². The van der Waals surface area contributed by atoms with Gasteiger partial charge in [0, 0.05) is 8.07 Å². The van der Waals surface area contributed by atoms with Crippen molar-refractivity contribution in [3.8, 4) is 0 Å². The molecule has 0 heterocycles. The lowest BCUT2D eigenvalue weighted by molar-refractivity contribution is 0.747. The molecule has 0 amide bonds. The van der Waals surface area contributed by atoms with E-state index in [9.17, 15) is 0 Å². The van der Waals surface area contributed by atoms with Crippen LogP contribution < -0.4 is 0 Å². The van der Waals surface area contributed by atoms with Crippen molar-refractivity contribution in [2.24, 2.45) is 0 Å². The molecule has 116 valence electrons. The lowest BCUT2D eigenvalue weighted by Crippen LogP contribution is -2.24. The predicted molar refractivity (Wildman–Crippen MR) is 98.5 cm³/mol. The van der Waals surface area contributed by atoms with Gasteiger partial charge < -0.3 is 0 Å². The normalized spacial score (nSPS) is 17.4. The van der Waals surface area contributed by atoms with E-state index in [4.69, 9.17) is 0 Å². The molecule has 0 bridgehead atoms. The predicted octanol–water partition coefficient (Wildman–Crippen LogP) is 6.81. The Labute approximate surface area is 132 Å². The lowest BCUT2D eigenvalue weighted by atomic mass is 10.1. The van der Waals surface area contributed by atoms with Crippen LogP contribution in [0, 0.1) is 0 Å². The minimum atomic E-state index is -0.927. The monoisotopic (exact) mass is 300 g/mol. The van der Waals surface area contributed by atoms with E-state index in [0.717, 1.165) is 0 Å². The maximum Gasteiger partial charge on any atom is 0.0473 e. The molecule has 0 unspecified atom stereocenters. The van der Waals surface area contributed by atoms with Crippen molar-refractivity contribution in [2.75, 3.05) is 0 Å². The van der Waals surface area contributed by atoms with E-state index < -0.39 is 8.07 Å². The van der Waals surface area contributed by atoms with Gasteiger partial charge in [0.25, 0.3) is 0 Å². The zero-order valence-corrected chi connectivity index (χ0v) is 15.0. The largest absolute Gasteiger partial charge is 0.0805 e. The molecule has 0 fully saturated rings. The molecule has 2 rings (SSSR count). The Bertz CT molecular complexity index is 395. The van der Waals surface area contributed by atoms with E-state index in [1.165, 1.54) is 63.5 Å². The summed E-state index contributed by atoms with van der Waals surface area (Å²) in [6, 6.07) is 3.05. The highest BCUT2D eigenvalue weighted by Crippen LogP contribution is 2.26. The van der Waals surface area contributed by atoms with E-state index >= 15 is 0 Å². The van der Waals surface area contributed by atoms with Gasteiger partial charge in [-0.15, -0.1) is 0 Å². The molecule has 0 aliphatic heterocycles. The van der Waals surface area contributed by atoms with Gasteiger partial charge in [-0.2, -0.15) is 0 Å². The van der Waals surface area contributed by atoms with Crippen molar-refractivity contribution in [3.05, 3.63) is 47.6 Å². The molecule has 0 N–H and O–H groups in total. The van der Waals surface area contributed by atoms with Crippen LogP contribution >= 0.6 is 0 Å². The minimum absolute atomic E-state index is 0.927. The Hall–Kier alpha value is -0.823. The van der Waals surface area contributed by atoms with Crippen LogP contribution in [0.25, 0.3) is 0 Å². The van der Waals surface area contributed by atoms with Crippen molar-refractivity contribution in [3.63, 3.8) is 0 Å². The standard InChI is InChI=1S/C20H32Si/c1-21(2,17-9-7-15-19-11-3-4-12-19)18-10-8-16-20-13-5-6-14-20/h3-6,11,13H,7-10,12,14-18H2,1-2H3. The fourth-order valence-electron chi connectivity index (χ4n) is 3.39. The molecule has 0 aromatic rings. The Morgan fingerprint density at radius 2 is 1.24 bits per heavy atom. The number of unbranched alkanes of at least 4 members (excludes halogenated alkanes) is 2. The van der Waals surface area contributed by atoms with Crippen molar-refractivity contribution in [2.45, 2.75) is 76.5 Å². The first-order valence-corrected chi connectivity index (χ1v) is 12.3. The number of allylic oxidation sites excluding steroid dienone is 8. The zero-order chi connectivity index (χ0) is 15.0. The zero-order valence-electron chi connectivity index (χ0n) is 14.0. The third kappa shape index (κ3) is 6.65. The van der Waals surface area contributed by atoms with E-state index in [2.05, 4.69) is 49.6 Å². The quantitative estimate of drug-likeness (QED) is 0.307. The van der Waals surface area contributed by atoms with E-state index in [-0.39, 0.29) is 0 Å². The molecule has 0 nitrogen and oxygen atoms in total. The lowest BCUT2D eigenvalue weighted by Gasteiger charge is -2.22. The van der Waals surface area contributed by atoms with Crippen LogP contribution in [-0.2, 0) is 0 Å². The van der Waals surface area contributed by atoms with Gasteiger partial charge in [-0.3, -0.25) is 0 Å². The van der Waals surface area contributed by atoms with Gasteiger partial charge in [0.1, 0.15) is 0 Å². The average molecular weight is 301 g/mol. The maximum absolute atomic E-state index is 2.60. The van der Waals surface area contributed by atoms with Crippen molar-refractivity contribution in [1.29, 1.82) is 0 Å². The summed E-state index contributed by atoms with van der Waals surface area (Å²) in [6.07, 6.45) is 24.4. The van der Waals surface area contributed by atoms with Crippen LogP contribution in [0.15, 0.2) is 47.6 Å². The number of rotatable bonds is 10. The molecule has 0 radical (unpaired) electrons. The molecule has 2 aliphatic carbocycles. The molecule has 0 atom stereocenters.